The maximum atomic E-state index is 12.4. The minimum Gasteiger partial charge on any atom is -0.378 e. The lowest BCUT2D eigenvalue weighted by Gasteiger charge is -2.24. The molecule has 6 heteroatoms. The topological polar surface area (TPSA) is 71.3 Å². The molecule has 0 saturated heterocycles. The first kappa shape index (κ1) is 18.2. The van der Waals surface area contributed by atoms with Crippen LogP contribution in [0.5, 0.6) is 0 Å². The Morgan fingerprint density at radius 1 is 1.33 bits per heavy atom. The predicted molar refractivity (Wildman–Crippen MR) is 95.5 cm³/mol. The molecule has 0 radical (unpaired) electrons. The molecule has 128 valence electrons. The number of carbonyl (C=O) groups is 1. The van der Waals surface area contributed by atoms with Gasteiger partial charge >= 0.3 is 0 Å². The maximum Gasteiger partial charge on any atom is 0.257 e. The lowest BCUT2D eigenvalue weighted by Crippen LogP contribution is -2.46. The Labute approximate surface area is 145 Å². The first-order valence-electron chi connectivity index (χ1n) is 7.73. The minimum atomic E-state index is -1.74. The number of rotatable bonds is 5. The van der Waals surface area contributed by atoms with Crippen molar-refractivity contribution in [2.24, 2.45) is 0 Å². The molecule has 1 amide bonds. The second-order valence-corrected chi connectivity index (χ2v) is 6.39. The van der Waals surface area contributed by atoms with Crippen molar-refractivity contribution in [2.75, 3.05) is 5.32 Å². The van der Waals surface area contributed by atoms with Gasteiger partial charge in [0.05, 0.1) is 6.54 Å². The zero-order chi connectivity index (χ0) is 17.9. The number of hydrogen-bond acceptors (Lipinski definition) is 3. The van der Waals surface area contributed by atoms with E-state index in [1.165, 1.54) is 17.6 Å². The Hall–Kier alpha value is -2.11. The van der Waals surface area contributed by atoms with Crippen molar-refractivity contribution < 1.29 is 9.90 Å². The molecule has 1 aromatic heterocycles. The lowest BCUT2D eigenvalue weighted by molar-refractivity contribution is -0.133. The number of nitrogens with zero attached hydrogens (tertiary/aromatic N) is 1. The molecule has 2 aromatic rings. The number of hydrogen-bond donors (Lipinski definition) is 2. The van der Waals surface area contributed by atoms with Crippen LogP contribution in [-0.2, 0) is 17.8 Å². The number of carbonyl (C=O) groups excluding carboxylic acids is 1. The monoisotopic (exact) mass is 348 g/mol. The van der Waals surface area contributed by atoms with E-state index in [4.69, 9.17) is 11.6 Å². The molecular formula is C18H21ClN2O3. The van der Waals surface area contributed by atoms with Gasteiger partial charge in [0.1, 0.15) is 0 Å². The van der Waals surface area contributed by atoms with Gasteiger partial charge in [-0.25, -0.2) is 0 Å². The molecule has 2 rings (SSSR count). The number of aliphatic hydroxyl groups is 1. The molecule has 1 heterocycles. The zero-order valence-corrected chi connectivity index (χ0v) is 14.7. The second-order valence-electron chi connectivity index (χ2n) is 5.98. The summed E-state index contributed by atoms with van der Waals surface area (Å²) in [5, 5.41) is 13.7. The highest BCUT2D eigenvalue weighted by molar-refractivity contribution is 6.31. The molecule has 1 aromatic carbocycles. The molecule has 24 heavy (non-hydrogen) atoms. The van der Waals surface area contributed by atoms with Crippen molar-refractivity contribution in [3.8, 4) is 0 Å². The van der Waals surface area contributed by atoms with Gasteiger partial charge in [0, 0.05) is 22.5 Å². The van der Waals surface area contributed by atoms with Crippen molar-refractivity contribution in [1.29, 1.82) is 0 Å². The summed E-state index contributed by atoms with van der Waals surface area (Å²) in [6.07, 6.45) is 0.793. The lowest BCUT2D eigenvalue weighted by atomic mass is 10.1. The predicted octanol–water partition coefficient (Wildman–Crippen LogP) is 2.76. The standard InChI is InChI=1S/C18H21ClN2O3/c1-4-13-8-9-14(10-15(13)19)20-17(23)18(3,24)11-21-12(2)6-5-7-16(21)22/h5-10,24H,4,11H2,1-3H3,(H,20,23). The molecular weight excluding hydrogens is 328 g/mol. The molecule has 2 N–H and O–H groups in total. The van der Waals surface area contributed by atoms with Crippen LogP contribution in [0.3, 0.4) is 0 Å². The van der Waals surface area contributed by atoms with Gasteiger partial charge in [-0.2, -0.15) is 0 Å². The third-order valence-corrected chi connectivity index (χ3v) is 4.27. The molecule has 0 spiro atoms. The number of aromatic nitrogens is 1. The van der Waals surface area contributed by atoms with Crippen LogP contribution in [0.4, 0.5) is 5.69 Å². The number of nitrogens with one attached hydrogen (secondary N) is 1. The van der Waals surface area contributed by atoms with Crippen LogP contribution >= 0.6 is 11.6 Å². The summed E-state index contributed by atoms with van der Waals surface area (Å²) in [5.74, 6) is -0.599. The van der Waals surface area contributed by atoms with Crippen molar-refractivity contribution in [3.63, 3.8) is 0 Å². The third kappa shape index (κ3) is 4.04. The second kappa shape index (κ2) is 7.20. The summed E-state index contributed by atoms with van der Waals surface area (Å²) in [7, 11) is 0. The Morgan fingerprint density at radius 3 is 2.62 bits per heavy atom. The van der Waals surface area contributed by atoms with E-state index in [1.807, 2.05) is 13.0 Å². The molecule has 5 nitrogen and oxygen atoms in total. The molecule has 1 atom stereocenters. The molecule has 0 bridgehead atoms. The van der Waals surface area contributed by atoms with Gasteiger partial charge in [-0.15, -0.1) is 0 Å². The SMILES string of the molecule is CCc1ccc(NC(=O)C(C)(O)Cn2c(C)cccc2=O)cc1Cl. The quantitative estimate of drug-likeness (QED) is 0.872. The van der Waals surface area contributed by atoms with Crippen molar-refractivity contribution in [1.82, 2.24) is 4.57 Å². The highest BCUT2D eigenvalue weighted by atomic mass is 35.5. The van der Waals surface area contributed by atoms with Gasteiger partial charge in [-0.3, -0.25) is 9.59 Å². The van der Waals surface area contributed by atoms with Crippen LogP contribution in [-0.4, -0.2) is 21.2 Å². The first-order chi connectivity index (χ1) is 11.2. The van der Waals surface area contributed by atoms with E-state index in [9.17, 15) is 14.7 Å². The van der Waals surface area contributed by atoms with Crippen LogP contribution in [0.15, 0.2) is 41.2 Å². The fourth-order valence-corrected chi connectivity index (χ4v) is 2.70. The Morgan fingerprint density at radius 2 is 2.04 bits per heavy atom. The van der Waals surface area contributed by atoms with E-state index in [0.717, 1.165) is 12.0 Å². The Bertz CT molecular complexity index is 812. The third-order valence-electron chi connectivity index (χ3n) is 3.92. The summed E-state index contributed by atoms with van der Waals surface area (Å²) in [6, 6.07) is 9.99. The van der Waals surface area contributed by atoms with Crippen LogP contribution < -0.4 is 10.9 Å². The summed E-state index contributed by atoms with van der Waals surface area (Å²) in [5.41, 5.74) is 0.142. The van der Waals surface area contributed by atoms with Crippen LogP contribution in [0, 0.1) is 6.92 Å². The number of pyridine rings is 1. The fourth-order valence-electron chi connectivity index (χ4n) is 2.38. The van der Waals surface area contributed by atoms with Gasteiger partial charge < -0.3 is 15.0 Å². The molecule has 0 aliphatic heterocycles. The molecule has 1 unspecified atom stereocenters. The number of benzene rings is 1. The number of anilines is 1. The van der Waals surface area contributed by atoms with Gasteiger partial charge in [-0.1, -0.05) is 30.7 Å². The average Bonchev–Trinajstić information content (AvgIpc) is 2.51. The largest absolute Gasteiger partial charge is 0.378 e. The van der Waals surface area contributed by atoms with Gasteiger partial charge in [0.15, 0.2) is 5.60 Å². The summed E-state index contributed by atoms with van der Waals surface area (Å²) >= 11 is 6.14. The summed E-state index contributed by atoms with van der Waals surface area (Å²) in [6.45, 7) is 4.98. The minimum absolute atomic E-state index is 0.134. The van der Waals surface area contributed by atoms with E-state index < -0.39 is 11.5 Å². The van der Waals surface area contributed by atoms with Crippen molar-refractivity contribution in [3.05, 3.63) is 63.0 Å². The van der Waals surface area contributed by atoms with Gasteiger partial charge in [-0.05, 0) is 44.0 Å². The molecule has 0 saturated carbocycles. The van der Waals surface area contributed by atoms with E-state index in [2.05, 4.69) is 5.32 Å². The molecule has 0 aliphatic carbocycles. The average molecular weight is 349 g/mol. The van der Waals surface area contributed by atoms with E-state index in [-0.39, 0.29) is 12.1 Å². The van der Waals surface area contributed by atoms with Crippen LogP contribution in [0.2, 0.25) is 5.02 Å². The van der Waals surface area contributed by atoms with E-state index in [1.54, 1.807) is 31.2 Å². The van der Waals surface area contributed by atoms with E-state index >= 15 is 0 Å². The van der Waals surface area contributed by atoms with Crippen LogP contribution in [0.25, 0.3) is 0 Å². The highest BCUT2D eigenvalue weighted by Gasteiger charge is 2.31. The van der Waals surface area contributed by atoms with E-state index in [0.29, 0.717) is 16.4 Å². The summed E-state index contributed by atoms with van der Waals surface area (Å²) < 4.78 is 1.37. The molecule has 0 fully saturated rings. The smallest absolute Gasteiger partial charge is 0.257 e. The first-order valence-corrected chi connectivity index (χ1v) is 8.11. The van der Waals surface area contributed by atoms with Crippen molar-refractivity contribution >= 4 is 23.2 Å². The molecule has 0 aliphatic rings. The number of halogens is 1. The normalized spacial score (nSPS) is 13.4. The number of aryl methyl sites for hydroxylation is 2. The van der Waals surface area contributed by atoms with Gasteiger partial charge in [0.25, 0.3) is 11.5 Å². The van der Waals surface area contributed by atoms with Crippen LogP contribution in [0.1, 0.15) is 25.1 Å². The Kier molecular flexibility index (Phi) is 5.47. The van der Waals surface area contributed by atoms with Crippen molar-refractivity contribution in [2.45, 2.75) is 39.3 Å². The number of amides is 1. The summed E-state index contributed by atoms with van der Waals surface area (Å²) in [4.78, 5) is 24.3. The fraction of sp³-hybridized carbons (Fsp3) is 0.333. The maximum absolute atomic E-state index is 12.4. The highest BCUT2D eigenvalue weighted by Crippen LogP contribution is 2.22. The Balaban J connectivity index is 2.18. The zero-order valence-electron chi connectivity index (χ0n) is 14.0. The van der Waals surface area contributed by atoms with Gasteiger partial charge in [0.2, 0.25) is 0 Å².